The Morgan fingerprint density at radius 3 is 2.53 bits per heavy atom. The molecule has 3 aromatic rings. The molecule has 0 atom stereocenters. The smallest absolute Gasteiger partial charge is 0.421 e. The summed E-state index contributed by atoms with van der Waals surface area (Å²) in [5, 5.41) is 1.96. The molecule has 1 saturated heterocycles. The number of rotatable bonds is 7. The molecule has 2 heterocycles. The lowest BCUT2D eigenvalue weighted by Gasteiger charge is -2.36. The van der Waals surface area contributed by atoms with E-state index in [9.17, 15) is 9.59 Å². The van der Waals surface area contributed by atoms with Crippen LogP contribution in [0.2, 0.25) is 10.0 Å². The Hall–Kier alpha value is -2.74. The Balaban J connectivity index is 1.24. The summed E-state index contributed by atoms with van der Waals surface area (Å²) in [6.07, 6.45) is 1.19. The molecule has 0 aliphatic carbocycles. The highest BCUT2D eigenvalue weighted by Crippen LogP contribution is 2.32. The van der Waals surface area contributed by atoms with Crippen LogP contribution in [0.15, 0.2) is 53.3 Å². The van der Waals surface area contributed by atoms with Crippen molar-refractivity contribution in [2.45, 2.75) is 12.8 Å². The zero-order valence-electron chi connectivity index (χ0n) is 19.0. The van der Waals surface area contributed by atoms with Crippen LogP contribution in [-0.2, 0) is 4.74 Å². The average Bonchev–Trinajstić information content (AvgIpc) is 2.85. The number of fused-ring (bicyclic) bond motifs is 1. The minimum absolute atomic E-state index is 0.436. The molecular formula is C25H27Cl2N3O4. The second-order valence-corrected chi connectivity index (χ2v) is 8.94. The van der Waals surface area contributed by atoms with Crippen molar-refractivity contribution in [2.75, 3.05) is 51.3 Å². The maximum atomic E-state index is 12.1. The SMILES string of the molecule is COC(=O)n1c(=O)ccc2ccc(OCCCCN3CCN(c4cccc(Cl)c4Cl)CC3)cc21. The predicted octanol–water partition coefficient (Wildman–Crippen LogP) is 4.90. The van der Waals surface area contributed by atoms with E-state index in [0.717, 1.165) is 61.2 Å². The van der Waals surface area contributed by atoms with Gasteiger partial charge in [0.15, 0.2) is 0 Å². The summed E-state index contributed by atoms with van der Waals surface area (Å²) < 4.78 is 11.6. The molecular weight excluding hydrogens is 477 g/mol. The molecule has 7 nitrogen and oxygen atoms in total. The number of hydrogen-bond acceptors (Lipinski definition) is 6. The van der Waals surface area contributed by atoms with Crippen LogP contribution < -0.4 is 15.2 Å². The maximum Gasteiger partial charge on any atom is 0.421 e. The number of benzene rings is 2. The van der Waals surface area contributed by atoms with Crippen molar-refractivity contribution in [2.24, 2.45) is 0 Å². The van der Waals surface area contributed by atoms with Crippen molar-refractivity contribution >= 4 is 45.9 Å². The Morgan fingerprint density at radius 1 is 1.00 bits per heavy atom. The number of ether oxygens (including phenoxy) is 2. The van der Waals surface area contributed by atoms with Crippen molar-refractivity contribution < 1.29 is 14.3 Å². The number of unbranched alkanes of at least 4 members (excludes halogenated alkanes) is 1. The highest BCUT2D eigenvalue weighted by molar-refractivity contribution is 6.43. The lowest BCUT2D eigenvalue weighted by atomic mass is 10.2. The van der Waals surface area contributed by atoms with Gasteiger partial charge in [0.05, 0.1) is 35.0 Å². The molecule has 34 heavy (non-hydrogen) atoms. The Labute approximate surface area is 208 Å². The summed E-state index contributed by atoms with van der Waals surface area (Å²) in [6, 6.07) is 14.2. The highest BCUT2D eigenvalue weighted by Gasteiger charge is 2.19. The van der Waals surface area contributed by atoms with Crippen LogP contribution in [0.4, 0.5) is 10.5 Å². The van der Waals surface area contributed by atoms with Crippen LogP contribution in [-0.4, -0.2) is 62.0 Å². The Morgan fingerprint density at radius 2 is 1.76 bits per heavy atom. The summed E-state index contributed by atoms with van der Waals surface area (Å²) in [5.41, 5.74) is 1.03. The quantitative estimate of drug-likeness (QED) is 0.427. The van der Waals surface area contributed by atoms with Crippen LogP contribution in [0.1, 0.15) is 12.8 Å². The largest absolute Gasteiger partial charge is 0.494 e. The van der Waals surface area contributed by atoms with E-state index in [1.54, 1.807) is 12.1 Å². The molecule has 1 fully saturated rings. The van der Waals surface area contributed by atoms with Crippen LogP contribution in [0.3, 0.4) is 0 Å². The summed E-state index contributed by atoms with van der Waals surface area (Å²) in [6.45, 7) is 5.32. The maximum absolute atomic E-state index is 12.1. The van der Waals surface area contributed by atoms with Crippen molar-refractivity contribution in [3.8, 4) is 5.75 Å². The van der Waals surface area contributed by atoms with Crippen molar-refractivity contribution in [1.29, 1.82) is 0 Å². The van der Waals surface area contributed by atoms with Gasteiger partial charge in [-0.15, -0.1) is 0 Å². The first kappa shape index (κ1) is 24.4. The minimum atomic E-state index is -0.717. The molecule has 0 radical (unpaired) electrons. The van der Waals surface area contributed by atoms with Gasteiger partial charge < -0.3 is 14.4 Å². The second-order valence-electron chi connectivity index (χ2n) is 8.15. The minimum Gasteiger partial charge on any atom is -0.494 e. The predicted molar refractivity (Wildman–Crippen MR) is 136 cm³/mol. The van der Waals surface area contributed by atoms with Gasteiger partial charge in [0.1, 0.15) is 5.75 Å². The van der Waals surface area contributed by atoms with Crippen LogP contribution >= 0.6 is 23.2 Å². The molecule has 0 spiro atoms. The number of aromatic nitrogens is 1. The molecule has 0 amide bonds. The van der Waals surface area contributed by atoms with Gasteiger partial charge in [-0.2, -0.15) is 0 Å². The highest BCUT2D eigenvalue weighted by atomic mass is 35.5. The zero-order valence-corrected chi connectivity index (χ0v) is 20.5. The fourth-order valence-electron chi connectivity index (χ4n) is 4.16. The first-order valence-electron chi connectivity index (χ1n) is 11.3. The van der Waals surface area contributed by atoms with Crippen LogP contribution in [0.25, 0.3) is 10.9 Å². The van der Waals surface area contributed by atoms with Gasteiger partial charge in [-0.05, 0) is 55.1 Å². The molecule has 1 aromatic heterocycles. The molecule has 2 aromatic carbocycles. The number of carbonyl (C=O) groups is 1. The van der Waals surface area contributed by atoms with Gasteiger partial charge >= 0.3 is 6.09 Å². The van der Waals surface area contributed by atoms with Crippen molar-refractivity contribution in [3.63, 3.8) is 0 Å². The fraction of sp³-hybridized carbons (Fsp3) is 0.360. The number of methoxy groups -OCH3 is 1. The molecule has 9 heteroatoms. The van der Waals surface area contributed by atoms with E-state index in [4.69, 9.17) is 32.7 Å². The zero-order chi connectivity index (χ0) is 24.1. The van der Waals surface area contributed by atoms with Gasteiger partial charge in [0.25, 0.3) is 5.56 Å². The number of halogens is 2. The lowest BCUT2D eigenvalue weighted by Crippen LogP contribution is -2.46. The van der Waals surface area contributed by atoms with Gasteiger partial charge in [0.2, 0.25) is 0 Å². The average molecular weight is 504 g/mol. The lowest BCUT2D eigenvalue weighted by molar-refractivity contribution is 0.173. The molecule has 0 saturated carbocycles. The molecule has 0 N–H and O–H groups in total. The first-order valence-corrected chi connectivity index (χ1v) is 12.0. The Bertz CT molecular complexity index is 1220. The third-order valence-electron chi connectivity index (χ3n) is 6.01. The van der Waals surface area contributed by atoms with E-state index < -0.39 is 11.7 Å². The standard InChI is InChI=1S/C25H27Cl2N3O4/c1-33-25(32)30-22-17-19(9-7-18(22)8-10-23(30)31)34-16-3-2-11-28-12-14-29(15-13-28)21-6-4-5-20(26)24(21)27/h4-10,17H,2-3,11-16H2,1H3. The summed E-state index contributed by atoms with van der Waals surface area (Å²) in [5.74, 6) is 0.614. The van der Waals surface area contributed by atoms with Gasteiger partial charge in [0, 0.05) is 38.3 Å². The second kappa shape index (κ2) is 11.1. The third kappa shape index (κ3) is 5.49. The van der Waals surface area contributed by atoms with E-state index in [1.165, 1.54) is 13.2 Å². The normalized spacial score (nSPS) is 14.4. The molecule has 4 rings (SSSR count). The van der Waals surface area contributed by atoms with Gasteiger partial charge in [-0.1, -0.05) is 29.3 Å². The molecule has 0 bridgehead atoms. The van der Waals surface area contributed by atoms with Gasteiger partial charge in [-0.3, -0.25) is 9.69 Å². The topological polar surface area (TPSA) is 64.0 Å². The molecule has 0 unspecified atom stereocenters. The number of anilines is 1. The monoisotopic (exact) mass is 503 g/mol. The van der Waals surface area contributed by atoms with Crippen molar-refractivity contribution in [3.05, 3.63) is 68.9 Å². The van der Waals surface area contributed by atoms with Crippen molar-refractivity contribution in [1.82, 2.24) is 9.47 Å². The van der Waals surface area contributed by atoms with E-state index in [0.29, 0.717) is 27.9 Å². The Kier molecular flexibility index (Phi) is 7.98. The fourth-order valence-corrected chi connectivity index (χ4v) is 4.57. The van der Waals surface area contributed by atoms with E-state index in [2.05, 4.69) is 9.80 Å². The van der Waals surface area contributed by atoms with Crippen LogP contribution in [0, 0.1) is 0 Å². The first-order chi connectivity index (χ1) is 16.5. The number of hydrogen-bond donors (Lipinski definition) is 0. The number of carbonyl (C=O) groups excluding carboxylic acids is 1. The van der Waals surface area contributed by atoms with E-state index in [1.807, 2.05) is 30.3 Å². The summed E-state index contributed by atoms with van der Waals surface area (Å²) >= 11 is 12.5. The van der Waals surface area contributed by atoms with Gasteiger partial charge in [-0.25, -0.2) is 9.36 Å². The number of pyridine rings is 1. The summed E-state index contributed by atoms with van der Waals surface area (Å²) in [7, 11) is 1.25. The molecule has 1 aliphatic heterocycles. The molecule has 1 aliphatic rings. The molecule has 180 valence electrons. The third-order valence-corrected chi connectivity index (χ3v) is 6.82. The number of piperazine rings is 1. The number of nitrogens with zero attached hydrogens (tertiary/aromatic N) is 3. The van der Waals surface area contributed by atoms with E-state index >= 15 is 0 Å². The van der Waals surface area contributed by atoms with Crippen LogP contribution in [0.5, 0.6) is 5.75 Å². The van der Waals surface area contributed by atoms with E-state index in [-0.39, 0.29) is 0 Å². The summed E-state index contributed by atoms with van der Waals surface area (Å²) in [4.78, 5) is 28.9.